The zero-order valence-electron chi connectivity index (χ0n) is 9.90. The van der Waals surface area contributed by atoms with Gasteiger partial charge in [0.25, 0.3) is 0 Å². The topological polar surface area (TPSA) is 49.5 Å². The third-order valence-electron chi connectivity index (χ3n) is 3.42. The second-order valence-electron chi connectivity index (χ2n) is 4.63. The molecule has 0 heterocycles. The lowest BCUT2D eigenvalue weighted by Gasteiger charge is -2.37. The number of rotatable bonds is 5. The van der Waals surface area contributed by atoms with E-state index in [2.05, 4.69) is 26.9 Å². The van der Waals surface area contributed by atoms with Gasteiger partial charge in [-0.1, -0.05) is 12.5 Å². The Hall–Kier alpha value is -0.580. The Bertz CT molecular complexity index is 380. The van der Waals surface area contributed by atoms with Crippen molar-refractivity contribution in [1.29, 1.82) is 0 Å². The first kappa shape index (κ1) is 12.9. The van der Waals surface area contributed by atoms with E-state index >= 15 is 0 Å². The van der Waals surface area contributed by atoms with E-state index in [-0.39, 0.29) is 6.61 Å². The largest absolute Gasteiger partial charge is 0.398 e. The van der Waals surface area contributed by atoms with Crippen molar-refractivity contribution in [3.8, 4) is 0 Å². The van der Waals surface area contributed by atoms with Gasteiger partial charge in [0.1, 0.15) is 0 Å². The van der Waals surface area contributed by atoms with Crippen LogP contribution in [-0.4, -0.2) is 29.2 Å². The maximum absolute atomic E-state index is 9.11. The van der Waals surface area contributed by atoms with E-state index in [9.17, 15) is 0 Å². The SMILES string of the molecule is Nc1cc(CN(CCO)C2CCC2)ccc1Br. The lowest BCUT2D eigenvalue weighted by Crippen LogP contribution is -2.41. The molecule has 1 aromatic rings. The van der Waals surface area contributed by atoms with Crippen LogP contribution in [0.1, 0.15) is 24.8 Å². The monoisotopic (exact) mass is 298 g/mol. The van der Waals surface area contributed by atoms with Crippen LogP contribution in [0.2, 0.25) is 0 Å². The fraction of sp³-hybridized carbons (Fsp3) is 0.538. The molecule has 17 heavy (non-hydrogen) atoms. The van der Waals surface area contributed by atoms with Gasteiger partial charge in [-0.2, -0.15) is 0 Å². The van der Waals surface area contributed by atoms with Crippen molar-refractivity contribution in [1.82, 2.24) is 4.90 Å². The highest BCUT2D eigenvalue weighted by Crippen LogP contribution is 2.27. The molecule has 0 aromatic heterocycles. The molecule has 0 aliphatic heterocycles. The summed E-state index contributed by atoms with van der Waals surface area (Å²) in [6.07, 6.45) is 3.83. The van der Waals surface area contributed by atoms with E-state index in [1.807, 2.05) is 12.1 Å². The molecule has 3 nitrogen and oxygen atoms in total. The number of aliphatic hydroxyl groups excluding tert-OH is 1. The van der Waals surface area contributed by atoms with Gasteiger partial charge in [-0.05, 0) is 46.5 Å². The molecule has 1 aliphatic carbocycles. The average molecular weight is 299 g/mol. The summed E-state index contributed by atoms with van der Waals surface area (Å²) in [6.45, 7) is 1.85. The predicted molar refractivity (Wildman–Crippen MR) is 73.7 cm³/mol. The van der Waals surface area contributed by atoms with Crippen LogP contribution in [0.4, 0.5) is 5.69 Å². The van der Waals surface area contributed by atoms with Crippen molar-refractivity contribution in [2.45, 2.75) is 31.8 Å². The quantitative estimate of drug-likeness (QED) is 0.821. The molecular formula is C13H19BrN2O. The highest BCUT2D eigenvalue weighted by molar-refractivity contribution is 9.10. The Morgan fingerprint density at radius 1 is 1.41 bits per heavy atom. The maximum atomic E-state index is 9.11. The first-order valence-corrected chi connectivity index (χ1v) is 6.89. The number of aliphatic hydroxyl groups is 1. The molecular weight excluding hydrogens is 280 g/mol. The van der Waals surface area contributed by atoms with Crippen molar-refractivity contribution in [3.63, 3.8) is 0 Å². The minimum atomic E-state index is 0.225. The van der Waals surface area contributed by atoms with E-state index in [1.165, 1.54) is 24.8 Å². The molecule has 94 valence electrons. The van der Waals surface area contributed by atoms with E-state index in [4.69, 9.17) is 10.8 Å². The van der Waals surface area contributed by atoms with E-state index in [0.717, 1.165) is 23.2 Å². The minimum absolute atomic E-state index is 0.225. The number of nitrogen functional groups attached to an aromatic ring is 1. The molecule has 0 saturated heterocycles. The van der Waals surface area contributed by atoms with Gasteiger partial charge in [0, 0.05) is 29.3 Å². The molecule has 1 fully saturated rings. The lowest BCUT2D eigenvalue weighted by molar-refractivity contribution is 0.0946. The molecule has 2 rings (SSSR count). The molecule has 1 aliphatic rings. The van der Waals surface area contributed by atoms with Gasteiger partial charge in [-0.3, -0.25) is 4.90 Å². The summed E-state index contributed by atoms with van der Waals surface area (Å²) in [5, 5.41) is 9.11. The molecule has 0 spiro atoms. The number of benzene rings is 1. The van der Waals surface area contributed by atoms with Gasteiger partial charge in [-0.15, -0.1) is 0 Å². The van der Waals surface area contributed by atoms with Crippen LogP contribution >= 0.6 is 15.9 Å². The van der Waals surface area contributed by atoms with Crippen molar-refractivity contribution < 1.29 is 5.11 Å². The first-order valence-electron chi connectivity index (χ1n) is 6.09. The van der Waals surface area contributed by atoms with Crippen LogP contribution in [-0.2, 0) is 6.54 Å². The normalized spacial score (nSPS) is 16.2. The number of halogens is 1. The third-order valence-corrected chi connectivity index (χ3v) is 4.15. The molecule has 0 radical (unpaired) electrons. The summed E-state index contributed by atoms with van der Waals surface area (Å²) in [5.74, 6) is 0. The molecule has 4 heteroatoms. The maximum Gasteiger partial charge on any atom is 0.0558 e. The Labute approximate surface area is 111 Å². The van der Waals surface area contributed by atoms with Gasteiger partial charge >= 0.3 is 0 Å². The number of hydrogen-bond acceptors (Lipinski definition) is 3. The molecule has 3 N–H and O–H groups in total. The third kappa shape index (κ3) is 3.21. The molecule has 1 aromatic carbocycles. The highest BCUT2D eigenvalue weighted by Gasteiger charge is 2.24. The summed E-state index contributed by atoms with van der Waals surface area (Å²) in [5.41, 5.74) is 7.87. The molecule has 1 saturated carbocycles. The van der Waals surface area contributed by atoms with Gasteiger partial charge < -0.3 is 10.8 Å². The van der Waals surface area contributed by atoms with Crippen LogP contribution in [0.15, 0.2) is 22.7 Å². The number of hydrogen-bond donors (Lipinski definition) is 2. The number of nitrogens with two attached hydrogens (primary N) is 1. The first-order chi connectivity index (χ1) is 8.20. The average Bonchev–Trinajstić information content (AvgIpc) is 2.21. The zero-order chi connectivity index (χ0) is 12.3. The van der Waals surface area contributed by atoms with Gasteiger partial charge in [0.2, 0.25) is 0 Å². The van der Waals surface area contributed by atoms with Gasteiger partial charge in [0.05, 0.1) is 6.61 Å². The molecule has 0 bridgehead atoms. The van der Waals surface area contributed by atoms with E-state index < -0.39 is 0 Å². The highest BCUT2D eigenvalue weighted by atomic mass is 79.9. The summed E-state index contributed by atoms with van der Waals surface area (Å²) < 4.78 is 0.943. The summed E-state index contributed by atoms with van der Waals surface area (Å²) >= 11 is 3.40. The Morgan fingerprint density at radius 2 is 2.18 bits per heavy atom. The standard InChI is InChI=1S/C13H19BrN2O/c14-12-5-4-10(8-13(12)15)9-16(6-7-17)11-2-1-3-11/h4-5,8,11,17H,1-3,6-7,9,15H2. The van der Waals surface area contributed by atoms with Crippen molar-refractivity contribution in [2.75, 3.05) is 18.9 Å². The lowest BCUT2D eigenvalue weighted by atomic mass is 9.91. The molecule has 0 unspecified atom stereocenters. The minimum Gasteiger partial charge on any atom is -0.398 e. The Kier molecular flexibility index (Phi) is 4.42. The van der Waals surface area contributed by atoms with Crippen LogP contribution < -0.4 is 5.73 Å². The predicted octanol–water partition coefficient (Wildman–Crippen LogP) is 2.38. The number of nitrogens with zero attached hydrogens (tertiary/aromatic N) is 1. The fourth-order valence-corrected chi connectivity index (χ4v) is 2.44. The Morgan fingerprint density at radius 3 is 2.71 bits per heavy atom. The fourth-order valence-electron chi connectivity index (χ4n) is 2.20. The summed E-state index contributed by atoms with van der Waals surface area (Å²) in [7, 11) is 0. The van der Waals surface area contributed by atoms with Crippen molar-refractivity contribution >= 4 is 21.6 Å². The van der Waals surface area contributed by atoms with Crippen LogP contribution in [0.25, 0.3) is 0 Å². The zero-order valence-corrected chi connectivity index (χ0v) is 11.5. The second-order valence-corrected chi connectivity index (χ2v) is 5.49. The Balaban J connectivity index is 2.02. The summed E-state index contributed by atoms with van der Waals surface area (Å²) in [6, 6.07) is 6.73. The van der Waals surface area contributed by atoms with Crippen LogP contribution in [0, 0.1) is 0 Å². The number of anilines is 1. The van der Waals surface area contributed by atoms with Crippen LogP contribution in [0.3, 0.4) is 0 Å². The van der Waals surface area contributed by atoms with E-state index in [1.54, 1.807) is 0 Å². The van der Waals surface area contributed by atoms with Gasteiger partial charge in [-0.25, -0.2) is 0 Å². The second kappa shape index (κ2) is 5.85. The smallest absolute Gasteiger partial charge is 0.0558 e. The van der Waals surface area contributed by atoms with E-state index in [0.29, 0.717) is 6.04 Å². The van der Waals surface area contributed by atoms with Crippen molar-refractivity contribution in [2.24, 2.45) is 0 Å². The van der Waals surface area contributed by atoms with Gasteiger partial charge in [0.15, 0.2) is 0 Å². The van der Waals surface area contributed by atoms with Crippen LogP contribution in [0.5, 0.6) is 0 Å². The molecule has 0 amide bonds. The molecule has 0 atom stereocenters. The summed E-state index contributed by atoms with van der Waals surface area (Å²) in [4.78, 5) is 2.35. The van der Waals surface area contributed by atoms with Crippen molar-refractivity contribution in [3.05, 3.63) is 28.2 Å².